The van der Waals surface area contributed by atoms with Crippen molar-refractivity contribution in [3.63, 3.8) is 0 Å². The van der Waals surface area contributed by atoms with E-state index in [1.54, 1.807) is 65.7 Å². The van der Waals surface area contributed by atoms with Crippen molar-refractivity contribution in [1.29, 1.82) is 5.26 Å². The van der Waals surface area contributed by atoms with Gasteiger partial charge in [-0.25, -0.2) is 9.67 Å². The molecular weight excluding hydrogens is 442 g/mol. The van der Waals surface area contributed by atoms with Crippen LogP contribution in [0.1, 0.15) is 21.6 Å². The lowest BCUT2D eigenvalue weighted by Crippen LogP contribution is -2.17. The number of para-hydroxylation sites is 1. The number of furan rings is 1. The van der Waals surface area contributed by atoms with E-state index >= 15 is 0 Å². The highest BCUT2D eigenvalue weighted by atomic mass is 16.5. The molecule has 5 aromatic rings. The zero-order chi connectivity index (χ0) is 24.2. The molecule has 35 heavy (non-hydrogen) atoms. The molecule has 0 unspecified atom stereocenters. The molecule has 0 aliphatic carbocycles. The Morgan fingerprint density at radius 1 is 1.06 bits per heavy atom. The largest absolute Gasteiger partial charge is 0.463 e. The third-order valence-electron chi connectivity index (χ3n) is 5.27. The first-order chi connectivity index (χ1) is 17.1. The maximum absolute atomic E-state index is 13.3. The zero-order valence-electron chi connectivity index (χ0n) is 18.7. The molecule has 170 valence electrons. The number of anilines is 1. The van der Waals surface area contributed by atoms with Crippen LogP contribution in [0.25, 0.3) is 17.1 Å². The van der Waals surface area contributed by atoms with Crippen molar-refractivity contribution >= 4 is 11.6 Å². The van der Waals surface area contributed by atoms with Gasteiger partial charge in [-0.05, 0) is 67.1 Å². The molecule has 0 radical (unpaired) electrons. The molecule has 0 aliphatic rings. The number of nitrogens with one attached hydrogen (secondary N) is 1. The summed E-state index contributed by atoms with van der Waals surface area (Å²) in [6, 6.07) is 25.3. The van der Waals surface area contributed by atoms with Gasteiger partial charge in [0.2, 0.25) is 5.88 Å². The van der Waals surface area contributed by atoms with Gasteiger partial charge in [-0.3, -0.25) is 4.79 Å². The number of hydrogen-bond acceptors (Lipinski definition) is 6. The lowest BCUT2D eigenvalue weighted by molar-refractivity contribution is 0.101. The van der Waals surface area contributed by atoms with Gasteiger partial charge in [-0.1, -0.05) is 18.2 Å². The van der Waals surface area contributed by atoms with Gasteiger partial charge in [0.15, 0.2) is 5.76 Å². The maximum Gasteiger partial charge on any atom is 0.274 e. The average molecular weight is 461 g/mol. The first-order valence-electron chi connectivity index (χ1n) is 10.8. The van der Waals surface area contributed by atoms with E-state index in [-0.39, 0.29) is 11.8 Å². The number of rotatable bonds is 6. The normalized spacial score (nSPS) is 10.5. The van der Waals surface area contributed by atoms with Gasteiger partial charge in [0.05, 0.1) is 12.0 Å². The van der Waals surface area contributed by atoms with Gasteiger partial charge >= 0.3 is 0 Å². The molecule has 8 heteroatoms. The van der Waals surface area contributed by atoms with Crippen molar-refractivity contribution in [2.45, 2.75) is 6.92 Å². The van der Waals surface area contributed by atoms with E-state index in [0.717, 1.165) is 11.3 Å². The number of hydrogen-bond donors (Lipinski definition) is 1. The number of ether oxygens (including phenoxy) is 1. The summed E-state index contributed by atoms with van der Waals surface area (Å²) in [5.74, 6) is 0.971. The molecular formula is C27H19N5O3. The fourth-order valence-corrected chi connectivity index (χ4v) is 3.55. The monoisotopic (exact) mass is 461 g/mol. The van der Waals surface area contributed by atoms with Crippen LogP contribution in [0.5, 0.6) is 11.6 Å². The van der Waals surface area contributed by atoms with Crippen LogP contribution in [0.2, 0.25) is 0 Å². The van der Waals surface area contributed by atoms with E-state index in [1.807, 2.05) is 37.3 Å². The molecule has 1 N–H and O–H groups in total. The Balaban J connectivity index is 1.42. The Bertz CT molecular complexity index is 1530. The number of pyridine rings is 1. The fourth-order valence-electron chi connectivity index (χ4n) is 3.55. The fraction of sp³-hybridized carbons (Fsp3) is 0.0370. The Hall–Kier alpha value is -5.16. The van der Waals surface area contributed by atoms with Crippen molar-refractivity contribution in [2.24, 2.45) is 0 Å². The third kappa shape index (κ3) is 4.51. The van der Waals surface area contributed by atoms with Gasteiger partial charge < -0.3 is 14.5 Å². The molecule has 3 aromatic heterocycles. The van der Waals surface area contributed by atoms with Crippen LogP contribution < -0.4 is 10.1 Å². The minimum atomic E-state index is -0.326. The van der Waals surface area contributed by atoms with Gasteiger partial charge in [-0.15, -0.1) is 0 Å². The summed E-state index contributed by atoms with van der Waals surface area (Å²) < 4.78 is 12.8. The number of carbonyl (C=O) groups is 1. The molecule has 0 spiro atoms. The van der Waals surface area contributed by atoms with Crippen LogP contribution in [0.3, 0.4) is 0 Å². The van der Waals surface area contributed by atoms with Crippen LogP contribution >= 0.6 is 0 Å². The second-order valence-electron chi connectivity index (χ2n) is 7.64. The van der Waals surface area contributed by atoms with E-state index in [2.05, 4.69) is 21.5 Å². The molecule has 0 saturated heterocycles. The molecule has 0 atom stereocenters. The van der Waals surface area contributed by atoms with Crippen molar-refractivity contribution in [3.8, 4) is 34.8 Å². The van der Waals surface area contributed by atoms with Crippen LogP contribution in [0.15, 0.2) is 95.7 Å². The molecule has 1 amide bonds. The molecule has 0 saturated carbocycles. The minimum Gasteiger partial charge on any atom is -0.463 e. The number of aryl methyl sites for hydroxylation is 1. The Morgan fingerprint density at radius 3 is 2.66 bits per heavy atom. The molecule has 3 heterocycles. The number of carbonyl (C=O) groups excluding carboxylic acids is 1. The zero-order valence-corrected chi connectivity index (χ0v) is 18.7. The van der Waals surface area contributed by atoms with Crippen LogP contribution in [0.4, 0.5) is 5.69 Å². The summed E-state index contributed by atoms with van der Waals surface area (Å²) >= 11 is 0. The number of nitrogens with zero attached hydrogens (tertiary/aromatic N) is 4. The second-order valence-corrected chi connectivity index (χ2v) is 7.64. The SMILES string of the molecule is Cc1cc(Oc2ncccc2C#N)ccc1NC(=O)c1cc(-c2ccco2)nn1-c1ccccc1. The smallest absolute Gasteiger partial charge is 0.274 e. The number of aromatic nitrogens is 3. The van der Waals surface area contributed by atoms with Crippen molar-refractivity contribution in [2.75, 3.05) is 5.32 Å². The highest BCUT2D eigenvalue weighted by molar-refractivity contribution is 6.04. The lowest BCUT2D eigenvalue weighted by atomic mass is 10.2. The van der Waals surface area contributed by atoms with Crippen LogP contribution in [-0.4, -0.2) is 20.7 Å². The molecule has 5 rings (SSSR count). The van der Waals surface area contributed by atoms with E-state index in [0.29, 0.717) is 34.1 Å². The average Bonchev–Trinajstić information content (AvgIpc) is 3.57. The lowest BCUT2D eigenvalue weighted by Gasteiger charge is -2.12. The third-order valence-corrected chi connectivity index (χ3v) is 5.27. The molecule has 8 nitrogen and oxygen atoms in total. The summed E-state index contributed by atoms with van der Waals surface area (Å²) in [7, 11) is 0. The molecule has 0 aliphatic heterocycles. The summed E-state index contributed by atoms with van der Waals surface area (Å²) in [4.78, 5) is 17.4. The predicted molar refractivity (Wildman–Crippen MR) is 129 cm³/mol. The highest BCUT2D eigenvalue weighted by Gasteiger charge is 2.19. The van der Waals surface area contributed by atoms with Gasteiger partial charge in [-0.2, -0.15) is 10.4 Å². The van der Waals surface area contributed by atoms with Gasteiger partial charge in [0.25, 0.3) is 5.91 Å². The minimum absolute atomic E-state index is 0.225. The van der Waals surface area contributed by atoms with Crippen molar-refractivity contribution < 1.29 is 13.9 Å². The van der Waals surface area contributed by atoms with Crippen molar-refractivity contribution in [1.82, 2.24) is 14.8 Å². The van der Waals surface area contributed by atoms with E-state index in [9.17, 15) is 10.1 Å². The second kappa shape index (κ2) is 9.37. The van der Waals surface area contributed by atoms with Gasteiger partial charge in [0.1, 0.15) is 28.8 Å². The van der Waals surface area contributed by atoms with E-state index in [4.69, 9.17) is 9.15 Å². The molecule has 2 aromatic carbocycles. The maximum atomic E-state index is 13.3. The summed E-state index contributed by atoms with van der Waals surface area (Å²) in [6.45, 7) is 1.86. The summed E-state index contributed by atoms with van der Waals surface area (Å²) in [6.07, 6.45) is 3.12. The summed E-state index contributed by atoms with van der Waals surface area (Å²) in [5, 5.41) is 16.8. The first-order valence-corrected chi connectivity index (χ1v) is 10.8. The standard InChI is InChI=1S/C27H19N5O3/c1-18-15-21(35-27-19(17-28)7-5-13-29-27)11-12-22(18)30-26(33)24-16-23(25-10-6-14-34-25)31-32(24)20-8-3-2-4-9-20/h2-16H,1H3,(H,30,33). The Kier molecular flexibility index (Phi) is 5.80. The molecule has 0 bridgehead atoms. The quantitative estimate of drug-likeness (QED) is 0.345. The number of amides is 1. The molecule has 0 fully saturated rings. The van der Waals surface area contributed by atoms with Gasteiger partial charge in [0, 0.05) is 18.0 Å². The Labute approximate surface area is 201 Å². The Morgan fingerprint density at radius 2 is 1.91 bits per heavy atom. The van der Waals surface area contributed by atoms with Crippen LogP contribution in [0, 0.1) is 18.3 Å². The van der Waals surface area contributed by atoms with E-state index in [1.165, 1.54) is 0 Å². The van der Waals surface area contributed by atoms with E-state index < -0.39 is 0 Å². The summed E-state index contributed by atoms with van der Waals surface area (Å²) in [5.41, 5.74) is 3.39. The number of nitriles is 1. The topological polar surface area (TPSA) is 106 Å². The van der Waals surface area contributed by atoms with Crippen molar-refractivity contribution in [3.05, 3.63) is 108 Å². The first kappa shape index (κ1) is 21.7. The van der Waals surface area contributed by atoms with Crippen LogP contribution in [-0.2, 0) is 0 Å². The highest BCUT2D eigenvalue weighted by Crippen LogP contribution is 2.28. The number of benzene rings is 2. The predicted octanol–water partition coefficient (Wildman–Crippen LogP) is 5.75.